The summed E-state index contributed by atoms with van der Waals surface area (Å²) in [6.45, 7) is -0.766. The number of carbonyl (C=O) groups is 1. The topological polar surface area (TPSA) is 86.8 Å². The highest BCUT2D eigenvalue weighted by Crippen LogP contribution is 2.44. The van der Waals surface area contributed by atoms with Gasteiger partial charge in [-0.25, -0.2) is 15.0 Å². The lowest BCUT2D eigenvalue weighted by molar-refractivity contribution is -0.139. The maximum absolute atomic E-state index is 12.8. The molecule has 2 fully saturated rings. The summed E-state index contributed by atoms with van der Waals surface area (Å²) >= 11 is 6.09. The van der Waals surface area contributed by atoms with E-state index in [2.05, 4.69) is 25.3 Å². The van der Waals surface area contributed by atoms with Crippen LogP contribution in [0.15, 0.2) is 30.7 Å². The molecule has 1 aliphatic heterocycles. The van der Waals surface area contributed by atoms with E-state index in [1.54, 1.807) is 24.5 Å². The smallest absolute Gasteiger partial charge is 0.345 e. The highest BCUT2D eigenvalue weighted by atomic mass is 35.5. The first-order valence-corrected chi connectivity index (χ1v) is 10.7. The number of aromatic nitrogens is 4. The van der Waals surface area contributed by atoms with Crippen molar-refractivity contribution in [2.24, 2.45) is 11.8 Å². The molecule has 1 amide bonds. The van der Waals surface area contributed by atoms with E-state index in [0.717, 1.165) is 24.6 Å². The normalized spacial score (nSPS) is 23.0. The van der Waals surface area contributed by atoms with Crippen molar-refractivity contribution < 1.29 is 19.4 Å². The molecule has 0 spiro atoms. The van der Waals surface area contributed by atoms with E-state index < -0.39 is 24.7 Å². The zero-order valence-electron chi connectivity index (χ0n) is 16.9. The predicted octanol–water partition coefficient (Wildman–Crippen LogP) is 4.20. The third-order valence-electron chi connectivity index (χ3n) is 6.30. The monoisotopic (exact) mass is 466 g/mol. The van der Waals surface area contributed by atoms with Crippen LogP contribution in [-0.4, -0.2) is 51.2 Å². The Morgan fingerprint density at radius 1 is 1.34 bits per heavy atom. The van der Waals surface area contributed by atoms with Crippen LogP contribution >= 0.6 is 11.6 Å². The number of alkyl halides is 3. The zero-order chi connectivity index (χ0) is 22.5. The van der Waals surface area contributed by atoms with E-state index in [4.69, 9.17) is 11.6 Å². The van der Waals surface area contributed by atoms with Crippen LogP contribution in [0.1, 0.15) is 20.7 Å². The standard InChI is InChI=1S/C21H20ClF3N6O.H2/c22-12-6-14-15(8-28-18(14)27-7-12)19-26-5-4-16(30-19)31-9-11-2-1-3-13(11)17(31)20(32)29-10-21(23,24)25;/h4-8,11,13,17H,1-3,9-10H2,(H,27,28)(H,29,32);1H/t11-,13-,17-;/m1./s1. The lowest BCUT2D eigenvalue weighted by atomic mass is 9.93. The van der Waals surface area contributed by atoms with Gasteiger partial charge in [0.15, 0.2) is 5.82 Å². The molecule has 170 valence electrons. The Hall–Kier alpha value is -2.88. The van der Waals surface area contributed by atoms with Crippen LogP contribution in [0.4, 0.5) is 19.0 Å². The molecule has 3 aromatic rings. The van der Waals surface area contributed by atoms with Gasteiger partial charge in [0.1, 0.15) is 24.1 Å². The molecule has 7 nitrogen and oxygen atoms in total. The van der Waals surface area contributed by atoms with Gasteiger partial charge >= 0.3 is 6.18 Å². The van der Waals surface area contributed by atoms with Crippen LogP contribution in [0.3, 0.4) is 0 Å². The molecule has 2 N–H and O–H groups in total. The number of amides is 1. The molecule has 32 heavy (non-hydrogen) atoms. The molecule has 0 bridgehead atoms. The summed E-state index contributed by atoms with van der Waals surface area (Å²) in [4.78, 5) is 31.0. The maximum atomic E-state index is 12.8. The van der Waals surface area contributed by atoms with Gasteiger partial charge in [-0.2, -0.15) is 13.2 Å². The van der Waals surface area contributed by atoms with E-state index in [1.165, 1.54) is 6.20 Å². The van der Waals surface area contributed by atoms with E-state index in [9.17, 15) is 18.0 Å². The molecule has 0 aromatic carbocycles. The highest BCUT2D eigenvalue weighted by molar-refractivity contribution is 6.31. The second-order valence-electron chi connectivity index (χ2n) is 8.28. The Labute approximate surface area is 187 Å². The number of fused-ring (bicyclic) bond motifs is 2. The summed E-state index contributed by atoms with van der Waals surface area (Å²) in [6, 6.07) is 2.76. The van der Waals surface area contributed by atoms with Crippen LogP contribution < -0.4 is 10.2 Å². The minimum Gasteiger partial charge on any atom is -0.345 e. The van der Waals surface area contributed by atoms with Crippen molar-refractivity contribution in [3.63, 3.8) is 0 Å². The van der Waals surface area contributed by atoms with Gasteiger partial charge in [-0.3, -0.25) is 4.79 Å². The fraction of sp³-hybridized carbons (Fsp3) is 0.429. The summed E-state index contributed by atoms with van der Waals surface area (Å²) in [6.07, 6.45) is 3.15. The van der Waals surface area contributed by atoms with Gasteiger partial charge in [0.2, 0.25) is 5.91 Å². The predicted molar refractivity (Wildman–Crippen MR) is 115 cm³/mol. The number of H-pyrrole nitrogens is 1. The number of pyridine rings is 1. The van der Waals surface area contributed by atoms with E-state index in [0.29, 0.717) is 34.4 Å². The Morgan fingerprint density at radius 3 is 3.00 bits per heavy atom. The van der Waals surface area contributed by atoms with Crippen molar-refractivity contribution in [2.45, 2.75) is 31.5 Å². The Kier molecular flexibility index (Phi) is 5.19. The van der Waals surface area contributed by atoms with Gasteiger partial charge in [-0.05, 0) is 36.8 Å². The summed E-state index contributed by atoms with van der Waals surface area (Å²) in [5.41, 5.74) is 1.34. The summed E-state index contributed by atoms with van der Waals surface area (Å²) in [5.74, 6) is 0.592. The van der Waals surface area contributed by atoms with Gasteiger partial charge in [0, 0.05) is 37.5 Å². The number of nitrogens with zero attached hydrogens (tertiary/aromatic N) is 4. The van der Waals surface area contributed by atoms with Crippen LogP contribution in [0.5, 0.6) is 0 Å². The SMILES string of the molecule is O=C(NCC(F)(F)F)[C@H]1[C@@H]2CCC[C@@H]2CN1c1ccnc(-c2c[nH]c3ncc(Cl)cc23)n1.[HH]. The first-order valence-electron chi connectivity index (χ1n) is 10.4. The first-order chi connectivity index (χ1) is 15.3. The average molecular weight is 467 g/mol. The van der Waals surface area contributed by atoms with Crippen LogP contribution in [0, 0.1) is 11.8 Å². The second kappa shape index (κ2) is 7.91. The highest BCUT2D eigenvalue weighted by Gasteiger charge is 2.48. The van der Waals surface area contributed by atoms with Crippen molar-refractivity contribution in [1.29, 1.82) is 0 Å². The molecule has 3 aromatic heterocycles. The number of halogens is 4. The zero-order valence-corrected chi connectivity index (χ0v) is 17.6. The number of nitrogens with one attached hydrogen (secondary N) is 2. The molecule has 11 heteroatoms. The average Bonchev–Trinajstić information content (AvgIpc) is 3.45. The van der Waals surface area contributed by atoms with E-state index in [1.807, 2.05) is 4.90 Å². The van der Waals surface area contributed by atoms with Gasteiger partial charge < -0.3 is 15.2 Å². The summed E-state index contributed by atoms with van der Waals surface area (Å²) < 4.78 is 38.1. The molecule has 1 saturated carbocycles. The number of carbonyl (C=O) groups excluding carboxylic acids is 1. The lowest BCUT2D eigenvalue weighted by Crippen LogP contribution is -2.48. The quantitative estimate of drug-likeness (QED) is 0.601. The summed E-state index contributed by atoms with van der Waals surface area (Å²) in [5, 5.41) is 3.30. The fourth-order valence-corrected chi connectivity index (χ4v) is 5.13. The Balaban J connectivity index is 0.00000259. The number of anilines is 1. The molecule has 2 aliphatic rings. The molecular weight excluding hydrogens is 445 g/mol. The lowest BCUT2D eigenvalue weighted by Gasteiger charge is -2.28. The molecule has 3 atom stereocenters. The molecule has 5 rings (SSSR count). The number of rotatable bonds is 4. The van der Waals surface area contributed by atoms with Gasteiger partial charge in [-0.1, -0.05) is 18.0 Å². The van der Waals surface area contributed by atoms with E-state index in [-0.39, 0.29) is 13.3 Å². The van der Waals surface area contributed by atoms with Gasteiger partial charge in [-0.15, -0.1) is 0 Å². The Bertz CT molecular complexity index is 1170. The van der Waals surface area contributed by atoms with Crippen molar-refractivity contribution >= 4 is 34.4 Å². The van der Waals surface area contributed by atoms with Crippen LogP contribution in [0.25, 0.3) is 22.4 Å². The van der Waals surface area contributed by atoms with Gasteiger partial charge in [0.05, 0.1) is 5.02 Å². The van der Waals surface area contributed by atoms with Crippen molar-refractivity contribution in [3.8, 4) is 11.4 Å². The van der Waals surface area contributed by atoms with Crippen LogP contribution in [0.2, 0.25) is 5.02 Å². The minimum atomic E-state index is -4.46. The Morgan fingerprint density at radius 2 is 2.19 bits per heavy atom. The first kappa shape index (κ1) is 21.0. The van der Waals surface area contributed by atoms with Gasteiger partial charge in [0.25, 0.3) is 0 Å². The van der Waals surface area contributed by atoms with E-state index >= 15 is 0 Å². The molecule has 1 aliphatic carbocycles. The second-order valence-corrected chi connectivity index (χ2v) is 8.71. The molecule has 4 heterocycles. The molecule has 1 saturated heterocycles. The number of hydrogen-bond donors (Lipinski definition) is 2. The summed E-state index contributed by atoms with van der Waals surface area (Å²) in [7, 11) is 0. The largest absolute Gasteiger partial charge is 0.405 e. The van der Waals surface area contributed by atoms with Crippen LogP contribution in [-0.2, 0) is 4.79 Å². The molecular formula is C21H22ClF3N6O. The molecule has 0 radical (unpaired) electrons. The van der Waals surface area contributed by atoms with Crippen molar-refractivity contribution in [1.82, 2.24) is 25.3 Å². The third-order valence-corrected chi connectivity index (χ3v) is 6.50. The third kappa shape index (κ3) is 3.87. The molecule has 0 unspecified atom stereocenters. The maximum Gasteiger partial charge on any atom is 0.405 e. The number of hydrogen-bond acceptors (Lipinski definition) is 5. The minimum absolute atomic E-state index is 0. The van der Waals surface area contributed by atoms with Crippen molar-refractivity contribution in [3.05, 3.63) is 35.7 Å². The van der Waals surface area contributed by atoms with Crippen molar-refractivity contribution in [2.75, 3.05) is 18.0 Å². The fourth-order valence-electron chi connectivity index (χ4n) is 4.97. The number of aromatic amines is 1.